The van der Waals surface area contributed by atoms with Crippen LogP contribution < -0.4 is 20.5 Å². The van der Waals surface area contributed by atoms with Crippen molar-refractivity contribution in [3.63, 3.8) is 0 Å². The number of fused-ring (bicyclic) bond motifs is 1. The number of pyridine rings is 1. The van der Waals surface area contributed by atoms with Crippen LogP contribution >= 0.6 is 0 Å². The van der Waals surface area contributed by atoms with E-state index in [4.69, 9.17) is 4.74 Å². The molecule has 8 nitrogen and oxygen atoms in total. The van der Waals surface area contributed by atoms with Crippen LogP contribution in [0.2, 0.25) is 0 Å². The normalized spacial score (nSPS) is 16.8. The standard InChI is InChI=1S/C24H24F2N4O4/c25-17-13-15-21(20(26)22(17)29-7-5-27-6-8-29)30(14-16(23(15)31)24(32)33)19-4-2-1-3-18(19)28-9-11-34-12-10-28/h1-4,13-14,27H,5-12H2,(H,32,33). The molecular formula is C24H24F2N4O4. The first kappa shape index (κ1) is 22.3. The topological polar surface area (TPSA) is 87.0 Å². The van der Waals surface area contributed by atoms with E-state index in [-0.39, 0.29) is 16.6 Å². The number of anilines is 2. The average Bonchev–Trinajstić information content (AvgIpc) is 2.86. The number of para-hydroxylation sites is 2. The lowest BCUT2D eigenvalue weighted by Crippen LogP contribution is -2.44. The molecule has 0 amide bonds. The summed E-state index contributed by atoms with van der Waals surface area (Å²) in [6.07, 6.45) is 1.13. The Labute approximate surface area is 194 Å². The summed E-state index contributed by atoms with van der Waals surface area (Å²) >= 11 is 0. The van der Waals surface area contributed by atoms with Crippen molar-refractivity contribution >= 4 is 28.2 Å². The highest BCUT2D eigenvalue weighted by Gasteiger charge is 2.27. The van der Waals surface area contributed by atoms with E-state index in [1.165, 1.54) is 4.57 Å². The summed E-state index contributed by atoms with van der Waals surface area (Å²) in [6.45, 7) is 4.19. The second-order valence-electron chi connectivity index (χ2n) is 8.29. The number of aromatic carboxylic acids is 1. The molecule has 0 saturated carbocycles. The van der Waals surface area contributed by atoms with E-state index in [9.17, 15) is 14.7 Å². The van der Waals surface area contributed by atoms with Crippen molar-refractivity contribution in [2.75, 3.05) is 62.3 Å². The molecule has 3 heterocycles. The molecule has 2 aliphatic heterocycles. The number of aromatic nitrogens is 1. The minimum absolute atomic E-state index is 0.148. The third-order valence-electron chi connectivity index (χ3n) is 6.31. The summed E-state index contributed by atoms with van der Waals surface area (Å²) in [5, 5.41) is 12.5. The van der Waals surface area contributed by atoms with Gasteiger partial charge in [-0.1, -0.05) is 12.1 Å². The van der Waals surface area contributed by atoms with Gasteiger partial charge in [0.15, 0.2) is 5.82 Å². The van der Waals surface area contributed by atoms with Crippen molar-refractivity contribution in [2.24, 2.45) is 0 Å². The third-order valence-corrected chi connectivity index (χ3v) is 6.31. The van der Waals surface area contributed by atoms with Crippen LogP contribution in [0.4, 0.5) is 20.2 Å². The van der Waals surface area contributed by atoms with E-state index in [1.807, 2.05) is 12.1 Å². The molecule has 3 aromatic rings. The number of halogens is 2. The number of carbonyl (C=O) groups is 1. The van der Waals surface area contributed by atoms with Gasteiger partial charge in [-0.05, 0) is 18.2 Å². The summed E-state index contributed by atoms with van der Waals surface area (Å²) in [5.41, 5.74) is -0.613. The summed E-state index contributed by atoms with van der Waals surface area (Å²) in [4.78, 5) is 28.5. The number of nitrogens with zero attached hydrogens (tertiary/aromatic N) is 3. The molecule has 178 valence electrons. The van der Waals surface area contributed by atoms with Gasteiger partial charge in [-0.25, -0.2) is 13.6 Å². The number of rotatable bonds is 4. The smallest absolute Gasteiger partial charge is 0.341 e. The lowest BCUT2D eigenvalue weighted by molar-refractivity contribution is 0.0695. The highest BCUT2D eigenvalue weighted by atomic mass is 19.1. The van der Waals surface area contributed by atoms with Gasteiger partial charge >= 0.3 is 5.97 Å². The Morgan fingerprint density at radius 2 is 1.68 bits per heavy atom. The zero-order valence-corrected chi connectivity index (χ0v) is 18.4. The van der Waals surface area contributed by atoms with Crippen LogP contribution in [-0.4, -0.2) is 68.1 Å². The fourth-order valence-corrected chi connectivity index (χ4v) is 4.66. The van der Waals surface area contributed by atoms with Crippen LogP contribution in [0.15, 0.2) is 41.3 Å². The van der Waals surface area contributed by atoms with Gasteiger partial charge in [0.05, 0.1) is 35.5 Å². The first-order valence-corrected chi connectivity index (χ1v) is 11.2. The lowest BCUT2D eigenvalue weighted by atomic mass is 10.1. The maximum Gasteiger partial charge on any atom is 0.341 e. The van der Waals surface area contributed by atoms with Gasteiger partial charge < -0.3 is 29.5 Å². The number of benzene rings is 2. The summed E-state index contributed by atoms with van der Waals surface area (Å²) in [7, 11) is 0. The highest BCUT2D eigenvalue weighted by molar-refractivity contribution is 5.95. The molecule has 34 heavy (non-hydrogen) atoms. The summed E-state index contributed by atoms with van der Waals surface area (Å²) in [6, 6.07) is 8.12. The zero-order valence-electron chi connectivity index (χ0n) is 18.4. The minimum Gasteiger partial charge on any atom is -0.477 e. The third kappa shape index (κ3) is 3.78. The van der Waals surface area contributed by atoms with Crippen molar-refractivity contribution in [3.05, 3.63) is 63.9 Å². The Morgan fingerprint density at radius 3 is 2.35 bits per heavy atom. The fourth-order valence-electron chi connectivity index (χ4n) is 4.66. The molecule has 0 radical (unpaired) electrons. The van der Waals surface area contributed by atoms with Gasteiger partial charge in [-0.15, -0.1) is 0 Å². The van der Waals surface area contributed by atoms with E-state index >= 15 is 8.78 Å². The second-order valence-corrected chi connectivity index (χ2v) is 8.29. The molecule has 2 fully saturated rings. The van der Waals surface area contributed by atoms with Crippen molar-refractivity contribution in [1.82, 2.24) is 9.88 Å². The number of hydrogen-bond donors (Lipinski definition) is 2. The molecule has 2 aliphatic rings. The number of ether oxygens (including phenoxy) is 1. The maximum atomic E-state index is 16.1. The molecule has 2 aromatic carbocycles. The molecule has 0 spiro atoms. The van der Waals surface area contributed by atoms with Crippen LogP contribution in [0.1, 0.15) is 10.4 Å². The monoisotopic (exact) mass is 470 g/mol. The average molecular weight is 470 g/mol. The Kier molecular flexibility index (Phi) is 5.93. The molecule has 2 saturated heterocycles. The first-order chi connectivity index (χ1) is 16.5. The number of carboxylic acids is 1. The van der Waals surface area contributed by atoms with Crippen LogP contribution in [0.25, 0.3) is 16.6 Å². The van der Waals surface area contributed by atoms with Crippen LogP contribution in [0, 0.1) is 11.6 Å². The van der Waals surface area contributed by atoms with Gasteiger partial charge in [-0.3, -0.25) is 4.79 Å². The predicted octanol–water partition coefficient (Wildman–Crippen LogP) is 2.21. The van der Waals surface area contributed by atoms with E-state index in [0.29, 0.717) is 58.2 Å². The van der Waals surface area contributed by atoms with Gasteiger partial charge in [0.1, 0.15) is 17.1 Å². The molecule has 0 atom stereocenters. The fraction of sp³-hybridized carbons (Fsp3) is 0.333. The van der Waals surface area contributed by atoms with Gasteiger partial charge in [-0.2, -0.15) is 0 Å². The highest BCUT2D eigenvalue weighted by Crippen LogP contribution is 2.34. The van der Waals surface area contributed by atoms with Crippen molar-refractivity contribution in [3.8, 4) is 5.69 Å². The van der Waals surface area contributed by atoms with Gasteiger partial charge in [0, 0.05) is 45.5 Å². The Hall–Kier alpha value is -3.50. The van der Waals surface area contributed by atoms with Crippen molar-refractivity contribution < 1.29 is 23.4 Å². The van der Waals surface area contributed by atoms with E-state index < -0.39 is 28.6 Å². The van der Waals surface area contributed by atoms with E-state index in [1.54, 1.807) is 17.0 Å². The molecular weight excluding hydrogens is 446 g/mol. The number of piperazine rings is 1. The minimum atomic E-state index is -1.46. The van der Waals surface area contributed by atoms with E-state index in [0.717, 1.165) is 18.0 Å². The molecule has 5 rings (SSSR count). The summed E-state index contributed by atoms with van der Waals surface area (Å²) < 4.78 is 38.1. The number of morpholine rings is 1. The Balaban J connectivity index is 1.82. The van der Waals surface area contributed by atoms with Crippen LogP contribution in [-0.2, 0) is 4.74 Å². The largest absolute Gasteiger partial charge is 0.477 e. The number of carboxylic acid groups (broad SMARTS) is 1. The van der Waals surface area contributed by atoms with Crippen molar-refractivity contribution in [2.45, 2.75) is 0 Å². The number of hydrogen-bond acceptors (Lipinski definition) is 6. The van der Waals surface area contributed by atoms with Crippen LogP contribution in [0.3, 0.4) is 0 Å². The SMILES string of the molecule is O=C(O)c1cn(-c2ccccc2N2CCOCC2)c2c(F)c(N3CCNCC3)c(F)cc2c1=O. The van der Waals surface area contributed by atoms with E-state index in [2.05, 4.69) is 10.2 Å². The first-order valence-electron chi connectivity index (χ1n) is 11.2. The zero-order chi connectivity index (χ0) is 23.8. The quantitative estimate of drug-likeness (QED) is 0.605. The van der Waals surface area contributed by atoms with Gasteiger partial charge in [0.2, 0.25) is 5.43 Å². The Bertz CT molecular complexity index is 1310. The second kappa shape index (κ2) is 9.03. The van der Waals surface area contributed by atoms with Gasteiger partial charge in [0.25, 0.3) is 0 Å². The molecule has 0 unspecified atom stereocenters. The molecule has 2 N–H and O–H groups in total. The maximum absolute atomic E-state index is 16.1. The lowest BCUT2D eigenvalue weighted by Gasteiger charge is -2.32. The number of nitrogens with one attached hydrogen (secondary N) is 1. The molecule has 0 bridgehead atoms. The molecule has 1 aromatic heterocycles. The predicted molar refractivity (Wildman–Crippen MR) is 125 cm³/mol. The van der Waals surface area contributed by atoms with Crippen molar-refractivity contribution in [1.29, 1.82) is 0 Å². The molecule has 0 aliphatic carbocycles. The summed E-state index contributed by atoms with van der Waals surface area (Å²) in [5.74, 6) is -3.24. The van der Waals surface area contributed by atoms with Crippen LogP contribution in [0.5, 0.6) is 0 Å². The Morgan fingerprint density at radius 1 is 1.00 bits per heavy atom. The molecule has 10 heteroatoms.